The second-order valence-electron chi connectivity index (χ2n) is 4.54. The van der Waals surface area contributed by atoms with Crippen LogP contribution in [0, 0.1) is 11.3 Å². The highest BCUT2D eigenvalue weighted by Crippen LogP contribution is 2.09. The summed E-state index contributed by atoms with van der Waals surface area (Å²) in [5.74, 6) is -1.28. The highest BCUT2D eigenvalue weighted by Gasteiger charge is 2.17. The van der Waals surface area contributed by atoms with Crippen molar-refractivity contribution in [2.75, 3.05) is 11.9 Å². The molecule has 1 atom stereocenters. The van der Waals surface area contributed by atoms with Crippen molar-refractivity contribution in [3.63, 3.8) is 0 Å². The molecule has 0 aliphatic heterocycles. The Morgan fingerprint density at radius 2 is 1.91 bits per heavy atom. The molecule has 7 heteroatoms. The summed E-state index contributed by atoms with van der Waals surface area (Å²) in [7, 11) is 0. The van der Waals surface area contributed by atoms with Gasteiger partial charge >= 0.3 is 5.97 Å². The molecule has 116 valence electrons. The number of hydrogen-bond donors (Lipinski definition) is 2. The Morgan fingerprint density at radius 1 is 1.27 bits per heavy atom. The largest absolute Gasteiger partial charge is 0.452 e. The van der Waals surface area contributed by atoms with E-state index in [1.807, 2.05) is 6.07 Å². The van der Waals surface area contributed by atoms with Gasteiger partial charge in [0, 0.05) is 19.2 Å². The third-order valence-electron chi connectivity index (χ3n) is 2.66. The van der Waals surface area contributed by atoms with Crippen LogP contribution in [0.4, 0.5) is 5.69 Å². The zero-order chi connectivity index (χ0) is 16.5. The minimum atomic E-state index is -0.958. The van der Waals surface area contributed by atoms with Crippen LogP contribution >= 0.6 is 0 Å². The van der Waals surface area contributed by atoms with Crippen LogP contribution in [0.25, 0.3) is 0 Å². The SMILES string of the molecule is CC(=O)NCCC(=O)O[C@@H](C)C(=O)Nc1ccc(C#N)cc1. The van der Waals surface area contributed by atoms with Crippen molar-refractivity contribution in [2.45, 2.75) is 26.4 Å². The Bertz CT molecular complexity index is 590. The first-order valence-corrected chi connectivity index (χ1v) is 6.67. The number of anilines is 1. The number of rotatable bonds is 6. The van der Waals surface area contributed by atoms with E-state index in [0.717, 1.165) is 0 Å². The smallest absolute Gasteiger partial charge is 0.308 e. The van der Waals surface area contributed by atoms with Crippen molar-refractivity contribution in [1.82, 2.24) is 5.32 Å². The summed E-state index contributed by atoms with van der Waals surface area (Å²) in [6.07, 6.45) is -0.964. The summed E-state index contributed by atoms with van der Waals surface area (Å²) in [6.45, 7) is 2.96. The highest BCUT2D eigenvalue weighted by atomic mass is 16.5. The molecule has 0 aromatic heterocycles. The number of hydrogen-bond acceptors (Lipinski definition) is 5. The van der Waals surface area contributed by atoms with Crippen LogP contribution in [0.1, 0.15) is 25.8 Å². The van der Waals surface area contributed by atoms with Gasteiger partial charge in [0.05, 0.1) is 18.1 Å². The number of nitriles is 1. The lowest BCUT2D eigenvalue weighted by Gasteiger charge is -2.13. The molecular formula is C15H17N3O4. The summed E-state index contributed by atoms with van der Waals surface area (Å²) in [4.78, 5) is 34.0. The fourth-order valence-corrected chi connectivity index (χ4v) is 1.52. The number of esters is 1. The van der Waals surface area contributed by atoms with Crippen LogP contribution in [0.15, 0.2) is 24.3 Å². The molecule has 2 N–H and O–H groups in total. The van der Waals surface area contributed by atoms with Gasteiger partial charge in [-0.05, 0) is 31.2 Å². The van der Waals surface area contributed by atoms with E-state index in [4.69, 9.17) is 10.00 Å². The minimum Gasteiger partial charge on any atom is -0.452 e. The first-order chi connectivity index (χ1) is 10.4. The molecule has 0 aliphatic rings. The number of carbonyl (C=O) groups is 3. The molecule has 22 heavy (non-hydrogen) atoms. The van der Waals surface area contributed by atoms with Crippen LogP contribution in [0.2, 0.25) is 0 Å². The molecule has 0 spiro atoms. The van der Waals surface area contributed by atoms with Gasteiger partial charge < -0.3 is 15.4 Å². The fourth-order valence-electron chi connectivity index (χ4n) is 1.52. The Labute approximate surface area is 128 Å². The Balaban J connectivity index is 2.42. The molecule has 1 aromatic carbocycles. The van der Waals surface area contributed by atoms with Crippen LogP contribution in [0.3, 0.4) is 0 Å². The van der Waals surface area contributed by atoms with Crippen LogP contribution in [0.5, 0.6) is 0 Å². The third kappa shape index (κ3) is 6.05. The third-order valence-corrected chi connectivity index (χ3v) is 2.66. The maximum atomic E-state index is 11.9. The monoisotopic (exact) mass is 303 g/mol. The topological polar surface area (TPSA) is 108 Å². The van der Waals surface area contributed by atoms with Crippen molar-refractivity contribution in [3.8, 4) is 6.07 Å². The molecule has 1 aromatic rings. The first kappa shape index (κ1) is 17.2. The number of nitrogens with one attached hydrogen (secondary N) is 2. The summed E-state index contributed by atoms with van der Waals surface area (Å²) >= 11 is 0. The summed E-state index contributed by atoms with van der Waals surface area (Å²) in [5, 5.41) is 13.7. The molecule has 2 amide bonds. The molecule has 0 fully saturated rings. The number of carbonyl (C=O) groups excluding carboxylic acids is 3. The zero-order valence-electron chi connectivity index (χ0n) is 12.4. The van der Waals surface area contributed by atoms with Gasteiger partial charge in [0.2, 0.25) is 5.91 Å². The first-order valence-electron chi connectivity index (χ1n) is 6.67. The van der Waals surface area contributed by atoms with Crippen LogP contribution < -0.4 is 10.6 Å². The Kier molecular flexibility index (Phi) is 6.57. The second-order valence-corrected chi connectivity index (χ2v) is 4.54. The lowest BCUT2D eigenvalue weighted by Crippen LogP contribution is -2.31. The number of amides is 2. The van der Waals surface area contributed by atoms with E-state index < -0.39 is 18.0 Å². The van der Waals surface area contributed by atoms with E-state index in [0.29, 0.717) is 11.3 Å². The average Bonchev–Trinajstić information content (AvgIpc) is 2.47. The van der Waals surface area contributed by atoms with Crippen molar-refractivity contribution >= 4 is 23.5 Å². The van der Waals surface area contributed by atoms with Gasteiger partial charge in [-0.3, -0.25) is 14.4 Å². The van der Waals surface area contributed by atoms with Gasteiger partial charge in [0.25, 0.3) is 5.91 Å². The number of benzene rings is 1. The number of ether oxygens (including phenoxy) is 1. The lowest BCUT2D eigenvalue weighted by atomic mass is 10.2. The van der Waals surface area contributed by atoms with Crippen molar-refractivity contribution in [3.05, 3.63) is 29.8 Å². The molecule has 0 unspecified atom stereocenters. The summed E-state index contributed by atoms with van der Waals surface area (Å²) < 4.78 is 4.96. The van der Waals surface area contributed by atoms with E-state index in [1.54, 1.807) is 24.3 Å². The van der Waals surface area contributed by atoms with Gasteiger partial charge in [0.1, 0.15) is 0 Å². The maximum Gasteiger partial charge on any atom is 0.308 e. The molecule has 0 bridgehead atoms. The van der Waals surface area contributed by atoms with E-state index in [2.05, 4.69) is 10.6 Å². The van der Waals surface area contributed by atoms with Crippen molar-refractivity contribution < 1.29 is 19.1 Å². The second kappa shape index (κ2) is 8.42. The van der Waals surface area contributed by atoms with Crippen molar-refractivity contribution in [1.29, 1.82) is 5.26 Å². The van der Waals surface area contributed by atoms with Crippen molar-refractivity contribution in [2.24, 2.45) is 0 Å². The molecule has 0 saturated heterocycles. The quantitative estimate of drug-likeness (QED) is 0.761. The fraction of sp³-hybridized carbons (Fsp3) is 0.333. The molecule has 7 nitrogen and oxygen atoms in total. The zero-order valence-corrected chi connectivity index (χ0v) is 12.4. The highest BCUT2D eigenvalue weighted by molar-refractivity contribution is 5.95. The lowest BCUT2D eigenvalue weighted by molar-refractivity contribution is -0.153. The molecule has 0 saturated carbocycles. The normalized spacial score (nSPS) is 11.0. The van der Waals surface area contributed by atoms with Gasteiger partial charge in [-0.15, -0.1) is 0 Å². The van der Waals surface area contributed by atoms with Gasteiger partial charge in [0.15, 0.2) is 6.10 Å². The molecule has 0 aliphatic carbocycles. The predicted octanol–water partition coefficient (Wildman–Crippen LogP) is 0.955. The Morgan fingerprint density at radius 3 is 2.45 bits per heavy atom. The molecular weight excluding hydrogens is 286 g/mol. The predicted molar refractivity (Wildman–Crippen MR) is 78.6 cm³/mol. The molecule has 0 radical (unpaired) electrons. The van der Waals surface area contributed by atoms with Crippen LogP contribution in [-0.4, -0.2) is 30.4 Å². The summed E-state index contributed by atoms with van der Waals surface area (Å²) in [5.41, 5.74) is 0.987. The average molecular weight is 303 g/mol. The van der Waals surface area contributed by atoms with E-state index in [-0.39, 0.29) is 18.9 Å². The minimum absolute atomic E-state index is 0.00589. The Hall–Kier alpha value is -2.88. The van der Waals surface area contributed by atoms with Crippen LogP contribution in [-0.2, 0) is 19.1 Å². The maximum absolute atomic E-state index is 11.9. The number of nitrogens with zero attached hydrogens (tertiary/aromatic N) is 1. The van der Waals surface area contributed by atoms with E-state index in [9.17, 15) is 14.4 Å². The van der Waals surface area contributed by atoms with E-state index in [1.165, 1.54) is 13.8 Å². The van der Waals surface area contributed by atoms with Gasteiger partial charge in [-0.2, -0.15) is 5.26 Å². The molecule has 1 rings (SSSR count). The summed E-state index contributed by atoms with van der Waals surface area (Å²) in [6, 6.07) is 8.28. The van der Waals surface area contributed by atoms with Gasteiger partial charge in [-0.1, -0.05) is 0 Å². The van der Waals surface area contributed by atoms with E-state index >= 15 is 0 Å². The van der Waals surface area contributed by atoms with Gasteiger partial charge in [-0.25, -0.2) is 0 Å². The standard InChI is InChI=1S/C15H17N3O4/c1-10(22-14(20)7-8-17-11(2)19)15(21)18-13-5-3-12(9-16)4-6-13/h3-6,10H,7-8H2,1-2H3,(H,17,19)(H,18,21)/t10-/m0/s1. The molecule has 0 heterocycles.